The largest absolute Gasteiger partial charge is 0.371 e. The van der Waals surface area contributed by atoms with Gasteiger partial charge >= 0.3 is 0 Å². The van der Waals surface area contributed by atoms with E-state index in [0.717, 1.165) is 44.3 Å². The number of hydrogen-bond acceptors (Lipinski definition) is 3. The average Bonchev–Trinajstić information content (AvgIpc) is 3.12. The highest BCUT2D eigenvalue weighted by molar-refractivity contribution is 6.31. The Morgan fingerprint density at radius 1 is 1.23 bits per heavy atom. The lowest BCUT2D eigenvalue weighted by Gasteiger charge is -2.26. The van der Waals surface area contributed by atoms with E-state index < -0.39 is 0 Å². The third-order valence-electron chi connectivity index (χ3n) is 5.05. The Kier molecular flexibility index (Phi) is 6.00. The quantitative estimate of drug-likeness (QED) is 0.907. The summed E-state index contributed by atoms with van der Waals surface area (Å²) in [6.45, 7) is 8.53. The summed E-state index contributed by atoms with van der Waals surface area (Å²) in [5, 5.41) is 0.903. The fourth-order valence-electron chi connectivity index (χ4n) is 3.61. The lowest BCUT2D eigenvalue weighted by molar-refractivity contribution is 0.274. The Hall–Kier alpha value is -0.480. The van der Waals surface area contributed by atoms with Crippen LogP contribution in [0.25, 0.3) is 0 Å². The highest BCUT2D eigenvalue weighted by Gasteiger charge is 2.33. The van der Waals surface area contributed by atoms with Crippen LogP contribution in [0, 0.1) is 5.41 Å². The number of hydrogen-bond donors (Lipinski definition) is 1. The van der Waals surface area contributed by atoms with Crippen molar-refractivity contribution in [2.75, 3.05) is 37.6 Å². The van der Waals surface area contributed by atoms with Crippen LogP contribution in [0.3, 0.4) is 0 Å². The summed E-state index contributed by atoms with van der Waals surface area (Å²) in [6.07, 6.45) is 3.77. The second-order valence-electron chi connectivity index (χ2n) is 6.91. The summed E-state index contributed by atoms with van der Waals surface area (Å²) in [6, 6.07) is 6.33. The molecule has 2 fully saturated rings. The van der Waals surface area contributed by atoms with Crippen LogP contribution >= 0.6 is 24.0 Å². The topological polar surface area (TPSA) is 32.5 Å². The molecule has 2 saturated heterocycles. The first kappa shape index (κ1) is 17.9. The molecule has 2 aliphatic rings. The highest BCUT2D eigenvalue weighted by Crippen LogP contribution is 2.34. The smallest absolute Gasteiger partial charge is 0.0471 e. The molecule has 0 bridgehead atoms. The lowest BCUT2D eigenvalue weighted by atomic mass is 9.90. The lowest BCUT2D eigenvalue weighted by Crippen LogP contribution is -2.31. The van der Waals surface area contributed by atoms with Gasteiger partial charge in [-0.2, -0.15) is 0 Å². The Balaban J connectivity index is 0.00000176. The summed E-state index contributed by atoms with van der Waals surface area (Å²) in [4.78, 5) is 4.99. The monoisotopic (exact) mass is 343 g/mol. The van der Waals surface area contributed by atoms with Crippen molar-refractivity contribution in [3.05, 3.63) is 28.8 Å². The summed E-state index contributed by atoms with van der Waals surface area (Å²) in [5.74, 6) is 0. The van der Waals surface area contributed by atoms with E-state index in [-0.39, 0.29) is 17.8 Å². The van der Waals surface area contributed by atoms with E-state index >= 15 is 0 Å². The number of benzene rings is 1. The van der Waals surface area contributed by atoms with E-state index in [0.29, 0.717) is 0 Å². The van der Waals surface area contributed by atoms with Gasteiger partial charge in [0.25, 0.3) is 0 Å². The van der Waals surface area contributed by atoms with Crippen molar-refractivity contribution in [3.63, 3.8) is 0 Å². The van der Waals surface area contributed by atoms with Crippen molar-refractivity contribution in [2.45, 2.75) is 32.7 Å². The first-order valence-electron chi connectivity index (χ1n) is 8.06. The van der Waals surface area contributed by atoms with Gasteiger partial charge in [0.05, 0.1) is 0 Å². The van der Waals surface area contributed by atoms with Gasteiger partial charge in [0.15, 0.2) is 0 Å². The molecular formula is C17H27Cl2N3. The van der Waals surface area contributed by atoms with Crippen molar-refractivity contribution in [3.8, 4) is 0 Å². The van der Waals surface area contributed by atoms with Gasteiger partial charge in [-0.1, -0.05) is 24.6 Å². The van der Waals surface area contributed by atoms with Gasteiger partial charge < -0.3 is 10.6 Å². The number of halogens is 2. The van der Waals surface area contributed by atoms with Crippen molar-refractivity contribution in [1.29, 1.82) is 0 Å². The van der Waals surface area contributed by atoms with Crippen LogP contribution in [-0.4, -0.2) is 37.6 Å². The summed E-state index contributed by atoms with van der Waals surface area (Å²) in [7, 11) is 0. The molecule has 0 saturated carbocycles. The minimum atomic E-state index is 0. The van der Waals surface area contributed by atoms with Gasteiger partial charge in [0.1, 0.15) is 0 Å². The first-order chi connectivity index (χ1) is 10.1. The highest BCUT2D eigenvalue weighted by atomic mass is 35.5. The molecule has 22 heavy (non-hydrogen) atoms. The molecule has 0 spiro atoms. The van der Waals surface area contributed by atoms with Crippen molar-refractivity contribution >= 4 is 29.7 Å². The van der Waals surface area contributed by atoms with Gasteiger partial charge in [-0.05, 0) is 49.9 Å². The molecule has 1 unspecified atom stereocenters. The zero-order chi connectivity index (χ0) is 14.9. The zero-order valence-corrected chi connectivity index (χ0v) is 14.9. The standard InChI is InChI=1S/C17H26ClN3.ClH/c1-17(12-19)7-10-20(13-17)11-14-15(18)5-4-6-16(14)21-8-2-3-9-21;/h4-6H,2-3,7-13,19H2,1H3;1H. The Bertz CT molecular complexity index is 503. The number of nitrogens with zero attached hydrogens (tertiary/aromatic N) is 2. The Morgan fingerprint density at radius 2 is 1.95 bits per heavy atom. The molecule has 0 amide bonds. The Labute approximate surface area is 145 Å². The van der Waals surface area contributed by atoms with Gasteiger partial charge in [-0.15, -0.1) is 12.4 Å². The molecule has 3 rings (SSSR count). The molecule has 2 heterocycles. The van der Waals surface area contributed by atoms with E-state index in [1.54, 1.807) is 0 Å². The molecule has 124 valence electrons. The van der Waals surface area contributed by atoms with E-state index in [9.17, 15) is 0 Å². The Morgan fingerprint density at radius 3 is 2.59 bits per heavy atom. The van der Waals surface area contributed by atoms with Crippen molar-refractivity contribution in [2.24, 2.45) is 11.1 Å². The summed E-state index contributed by atoms with van der Waals surface area (Å²) < 4.78 is 0. The van der Waals surface area contributed by atoms with Gasteiger partial charge in [0.2, 0.25) is 0 Å². The van der Waals surface area contributed by atoms with Crippen molar-refractivity contribution < 1.29 is 0 Å². The third kappa shape index (κ3) is 3.70. The minimum absolute atomic E-state index is 0. The molecule has 0 radical (unpaired) electrons. The van der Waals surface area contributed by atoms with Gasteiger partial charge in [-0.3, -0.25) is 4.90 Å². The first-order valence-corrected chi connectivity index (χ1v) is 8.44. The summed E-state index contributed by atoms with van der Waals surface area (Å²) >= 11 is 6.51. The van der Waals surface area contributed by atoms with Crippen LogP contribution in [0.15, 0.2) is 18.2 Å². The number of nitrogens with two attached hydrogens (primary N) is 1. The molecule has 0 aromatic heterocycles. The molecule has 5 heteroatoms. The molecule has 2 aliphatic heterocycles. The fourth-order valence-corrected chi connectivity index (χ4v) is 3.84. The normalized spacial score (nSPS) is 25.5. The van der Waals surface area contributed by atoms with E-state index in [4.69, 9.17) is 17.3 Å². The zero-order valence-electron chi connectivity index (χ0n) is 13.4. The fraction of sp³-hybridized carbons (Fsp3) is 0.647. The minimum Gasteiger partial charge on any atom is -0.371 e. The predicted molar refractivity (Wildman–Crippen MR) is 97.2 cm³/mol. The van der Waals surface area contributed by atoms with Crippen molar-refractivity contribution in [1.82, 2.24) is 4.90 Å². The van der Waals surface area contributed by atoms with Crippen LogP contribution in [0.1, 0.15) is 31.7 Å². The molecule has 2 N–H and O–H groups in total. The second-order valence-corrected chi connectivity index (χ2v) is 7.31. The van der Waals surface area contributed by atoms with E-state index in [2.05, 4.69) is 28.9 Å². The SMILES string of the molecule is CC1(CN)CCN(Cc2c(Cl)cccc2N2CCCC2)C1.Cl. The third-order valence-corrected chi connectivity index (χ3v) is 5.41. The number of rotatable bonds is 4. The van der Waals surface area contributed by atoms with E-state index in [1.165, 1.54) is 30.5 Å². The maximum atomic E-state index is 6.51. The van der Waals surface area contributed by atoms with E-state index in [1.807, 2.05) is 6.07 Å². The maximum Gasteiger partial charge on any atom is 0.0471 e. The van der Waals surface area contributed by atoms with Crippen LogP contribution in [0.4, 0.5) is 5.69 Å². The van der Waals surface area contributed by atoms with Gasteiger partial charge in [-0.25, -0.2) is 0 Å². The average molecular weight is 344 g/mol. The molecule has 1 aromatic carbocycles. The molecule has 1 atom stereocenters. The van der Waals surface area contributed by atoms with Crippen LogP contribution in [0.2, 0.25) is 5.02 Å². The van der Waals surface area contributed by atoms with Crippen LogP contribution in [-0.2, 0) is 6.54 Å². The van der Waals surface area contributed by atoms with Gasteiger partial charge in [0, 0.05) is 42.5 Å². The maximum absolute atomic E-state index is 6.51. The second kappa shape index (κ2) is 7.39. The van der Waals surface area contributed by atoms with Crippen LogP contribution in [0.5, 0.6) is 0 Å². The molecular weight excluding hydrogens is 317 g/mol. The summed E-state index contributed by atoms with van der Waals surface area (Å²) in [5.41, 5.74) is 8.82. The predicted octanol–water partition coefficient (Wildman–Crippen LogP) is 3.53. The molecule has 0 aliphatic carbocycles. The molecule has 3 nitrogen and oxygen atoms in total. The van der Waals surface area contributed by atoms with Crippen LogP contribution < -0.4 is 10.6 Å². The number of anilines is 1. The number of likely N-dealkylation sites (tertiary alicyclic amines) is 1. The molecule has 1 aromatic rings.